The second kappa shape index (κ2) is 9.87. The van der Waals surface area contributed by atoms with E-state index in [1.807, 2.05) is 41.3 Å². The van der Waals surface area contributed by atoms with E-state index in [0.29, 0.717) is 17.0 Å². The molecule has 180 valence electrons. The van der Waals surface area contributed by atoms with Crippen molar-refractivity contribution in [3.05, 3.63) is 59.4 Å². The van der Waals surface area contributed by atoms with Crippen LogP contribution in [0.4, 0.5) is 4.39 Å². The first kappa shape index (κ1) is 23.0. The Morgan fingerprint density at radius 3 is 2.71 bits per heavy atom. The molecule has 1 aliphatic carbocycles. The van der Waals surface area contributed by atoms with Crippen LogP contribution in [0, 0.1) is 17.7 Å². The Morgan fingerprint density at radius 2 is 1.88 bits per heavy atom. The monoisotopic (exact) mass is 463 g/mol. The van der Waals surface area contributed by atoms with E-state index >= 15 is 0 Å². The van der Waals surface area contributed by atoms with Gasteiger partial charge in [0.25, 0.3) is 5.91 Å². The SMILES string of the molecule is CC(CC1NNC(=O)C2CCCCC12)c1ccc(F)c(-c2cccc(C(=O)N3CCCC3)c2)c1. The lowest BCUT2D eigenvalue weighted by Gasteiger charge is -2.42. The highest BCUT2D eigenvalue weighted by Gasteiger charge is 2.40. The minimum atomic E-state index is -0.280. The van der Waals surface area contributed by atoms with Gasteiger partial charge >= 0.3 is 0 Å². The topological polar surface area (TPSA) is 61.4 Å². The van der Waals surface area contributed by atoms with Gasteiger partial charge < -0.3 is 4.90 Å². The van der Waals surface area contributed by atoms with Crippen LogP contribution < -0.4 is 10.9 Å². The van der Waals surface area contributed by atoms with Crippen molar-refractivity contribution in [2.24, 2.45) is 11.8 Å². The number of likely N-dealkylation sites (tertiary alicyclic amines) is 1. The van der Waals surface area contributed by atoms with E-state index in [9.17, 15) is 14.0 Å². The van der Waals surface area contributed by atoms with Crippen LogP contribution >= 0.6 is 0 Å². The predicted molar refractivity (Wildman–Crippen MR) is 131 cm³/mol. The zero-order valence-corrected chi connectivity index (χ0v) is 19.9. The summed E-state index contributed by atoms with van der Waals surface area (Å²) in [5.74, 6) is 0.531. The number of rotatable bonds is 5. The fourth-order valence-corrected chi connectivity index (χ4v) is 6.07. The number of halogens is 1. The van der Waals surface area contributed by atoms with Crippen molar-refractivity contribution in [2.45, 2.75) is 63.8 Å². The summed E-state index contributed by atoms with van der Waals surface area (Å²) in [6.45, 7) is 3.75. The summed E-state index contributed by atoms with van der Waals surface area (Å²) in [4.78, 5) is 27.0. The largest absolute Gasteiger partial charge is 0.339 e. The van der Waals surface area contributed by atoms with E-state index in [1.165, 1.54) is 12.5 Å². The van der Waals surface area contributed by atoms with Gasteiger partial charge in [-0.25, -0.2) is 9.82 Å². The molecule has 5 nitrogen and oxygen atoms in total. The number of nitrogens with zero attached hydrogens (tertiary/aromatic N) is 1. The molecule has 2 aromatic rings. The van der Waals surface area contributed by atoms with E-state index in [0.717, 1.165) is 62.7 Å². The normalized spacial score (nSPS) is 25.5. The van der Waals surface area contributed by atoms with Crippen LogP contribution in [-0.2, 0) is 4.79 Å². The molecule has 34 heavy (non-hydrogen) atoms. The summed E-state index contributed by atoms with van der Waals surface area (Å²) in [5.41, 5.74) is 9.09. The maximum absolute atomic E-state index is 14.9. The van der Waals surface area contributed by atoms with E-state index < -0.39 is 0 Å². The van der Waals surface area contributed by atoms with Gasteiger partial charge in [0.15, 0.2) is 0 Å². The van der Waals surface area contributed by atoms with Gasteiger partial charge in [0.05, 0.1) is 0 Å². The molecule has 2 aromatic carbocycles. The first-order chi connectivity index (χ1) is 16.5. The highest BCUT2D eigenvalue weighted by atomic mass is 19.1. The number of hydrogen-bond donors (Lipinski definition) is 2. The zero-order valence-electron chi connectivity index (χ0n) is 19.9. The summed E-state index contributed by atoms with van der Waals surface area (Å²) < 4.78 is 14.9. The summed E-state index contributed by atoms with van der Waals surface area (Å²) in [6.07, 6.45) is 7.30. The maximum Gasteiger partial charge on any atom is 0.253 e. The van der Waals surface area contributed by atoms with Crippen LogP contribution in [0.25, 0.3) is 11.1 Å². The molecular weight excluding hydrogens is 429 g/mol. The third-order valence-electron chi connectivity index (χ3n) is 8.03. The van der Waals surface area contributed by atoms with Crippen LogP contribution in [0.15, 0.2) is 42.5 Å². The van der Waals surface area contributed by atoms with E-state index in [4.69, 9.17) is 0 Å². The van der Waals surface area contributed by atoms with E-state index in [2.05, 4.69) is 17.8 Å². The Hall–Kier alpha value is -2.73. The minimum Gasteiger partial charge on any atom is -0.339 e. The molecular formula is C28H34FN3O2. The lowest BCUT2D eigenvalue weighted by atomic mass is 9.71. The molecule has 0 radical (unpaired) electrons. The fourth-order valence-electron chi connectivity index (χ4n) is 6.07. The van der Waals surface area contributed by atoms with Crippen molar-refractivity contribution in [3.8, 4) is 11.1 Å². The zero-order chi connectivity index (χ0) is 23.7. The Kier molecular flexibility index (Phi) is 6.68. The van der Waals surface area contributed by atoms with Crippen molar-refractivity contribution in [3.63, 3.8) is 0 Å². The van der Waals surface area contributed by atoms with Crippen LogP contribution in [0.2, 0.25) is 0 Å². The maximum atomic E-state index is 14.9. The number of hydrogen-bond acceptors (Lipinski definition) is 3. The number of nitrogens with one attached hydrogen (secondary N) is 2. The van der Waals surface area contributed by atoms with Gasteiger partial charge in [-0.3, -0.25) is 15.0 Å². The molecule has 2 aliphatic heterocycles. The van der Waals surface area contributed by atoms with Crippen molar-refractivity contribution < 1.29 is 14.0 Å². The number of benzene rings is 2. The molecule has 0 bridgehead atoms. The van der Waals surface area contributed by atoms with Crippen molar-refractivity contribution in [1.82, 2.24) is 15.8 Å². The van der Waals surface area contributed by atoms with Crippen LogP contribution in [-0.4, -0.2) is 35.8 Å². The van der Waals surface area contributed by atoms with Crippen LogP contribution in [0.5, 0.6) is 0 Å². The van der Waals surface area contributed by atoms with Gasteiger partial charge in [0.2, 0.25) is 5.91 Å². The summed E-state index contributed by atoms with van der Waals surface area (Å²) in [5, 5.41) is 0. The van der Waals surface area contributed by atoms with Gasteiger partial charge in [-0.15, -0.1) is 0 Å². The Morgan fingerprint density at radius 1 is 1.09 bits per heavy atom. The van der Waals surface area contributed by atoms with Gasteiger partial charge in [-0.1, -0.05) is 38.0 Å². The van der Waals surface area contributed by atoms with Crippen molar-refractivity contribution in [1.29, 1.82) is 0 Å². The average Bonchev–Trinajstić information content (AvgIpc) is 3.41. The molecule has 4 unspecified atom stereocenters. The lowest BCUT2D eigenvalue weighted by molar-refractivity contribution is -0.133. The number of fused-ring (bicyclic) bond motifs is 1. The molecule has 2 saturated heterocycles. The van der Waals surface area contributed by atoms with Gasteiger partial charge in [0, 0.05) is 36.2 Å². The van der Waals surface area contributed by atoms with Gasteiger partial charge in [-0.05, 0) is 79.3 Å². The molecule has 2 heterocycles. The molecule has 0 spiro atoms. The third kappa shape index (κ3) is 4.61. The molecule has 3 fully saturated rings. The third-order valence-corrected chi connectivity index (χ3v) is 8.03. The van der Waals surface area contributed by atoms with Crippen molar-refractivity contribution in [2.75, 3.05) is 13.1 Å². The highest BCUT2D eigenvalue weighted by molar-refractivity contribution is 5.95. The van der Waals surface area contributed by atoms with E-state index in [1.54, 1.807) is 0 Å². The standard InChI is InChI=1S/C28H34FN3O2/c1-18(15-26-22-9-2-3-10-23(22)27(33)31-30-26)19-11-12-25(29)24(17-19)20-7-6-8-21(16-20)28(34)32-13-4-5-14-32/h6-8,11-12,16-18,22-23,26,30H,2-5,9-10,13-15H2,1H3,(H,31,33). The lowest BCUT2D eigenvalue weighted by Crippen LogP contribution is -2.59. The molecule has 3 aliphatic rings. The number of carbonyl (C=O) groups excluding carboxylic acids is 2. The highest BCUT2D eigenvalue weighted by Crippen LogP contribution is 2.38. The van der Waals surface area contributed by atoms with E-state index in [-0.39, 0.29) is 35.5 Å². The number of hydrazine groups is 1. The van der Waals surface area contributed by atoms with Gasteiger partial charge in [-0.2, -0.15) is 0 Å². The first-order valence-corrected chi connectivity index (χ1v) is 12.8. The summed E-state index contributed by atoms with van der Waals surface area (Å²) in [6, 6.07) is 12.9. The van der Waals surface area contributed by atoms with Gasteiger partial charge in [0.1, 0.15) is 5.82 Å². The first-order valence-electron chi connectivity index (χ1n) is 12.8. The molecule has 2 amide bonds. The molecule has 4 atom stereocenters. The predicted octanol–water partition coefficient (Wildman–Crippen LogP) is 5.03. The molecule has 1 saturated carbocycles. The number of amides is 2. The Labute approximate surface area is 201 Å². The summed E-state index contributed by atoms with van der Waals surface area (Å²) >= 11 is 0. The molecule has 2 N–H and O–H groups in total. The Balaban J connectivity index is 1.35. The fraction of sp³-hybridized carbons (Fsp3) is 0.500. The quantitative estimate of drug-likeness (QED) is 0.654. The van der Waals surface area contributed by atoms with Crippen LogP contribution in [0.3, 0.4) is 0 Å². The molecule has 6 heteroatoms. The molecule has 5 rings (SSSR count). The van der Waals surface area contributed by atoms with Crippen LogP contribution in [0.1, 0.15) is 73.7 Å². The Bertz CT molecular complexity index is 1070. The summed E-state index contributed by atoms with van der Waals surface area (Å²) in [7, 11) is 0. The second-order valence-electron chi connectivity index (χ2n) is 10.3. The van der Waals surface area contributed by atoms with Crippen molar-refractivity contribution >= 4 is 11.8 Å². The smallest absolute Gasteiger partial charge is 0.253 e. The average molecular weight is 464 g/mol. The minimum absolute atomic E-state index is 0.0248. The molecule has 0 aromatic heterocycles. The second-order valence-corrected chi connectivity index (χ2v) is 10.3. The number of carbonyl (C=O) groups is 2.